The number of rotatable bonds is 6. The summed E-state index contributed by atoms with van der Waals surface area (Å²) in [7, 11) is 1.25. The average Bonchev–Trinajstić information content (AvgIpc) is 2.45. The highest BCUT2D eigenvalue weighted by Gasteiger charge is 2.15. The van der Waals surface area contributed by atoms with Gasteiger partial charge in [-0.15, -0.1) is 0 Å². The summed E-state index contributed by atoms with van der Waals surface area (Å²) in [5.41, 5.74) is 1.29. The van der Waals surface area contributed by atoms with Crippen LogP contribution in [0.3, 0.4) is 0 Å². The second-order valence-corrected chi connectivity index (χ2v) is 4.27. The number of anilines is 1. The molecule has 0 aromatic heterocycles. The average molecular weight is 308 g/mol. The zero-order valence-corrected chi connectivity index (χ0v) is 12.1. The van der Waals surface area contributed by atoms with Crippen LogP contribution in [0.1, 0.15) is 12.5 Å². The van der Waals surface area contributed by atoms with E-state index in [0.29, 0.717) is 17.3 Å². The number of aliphatic carboxylic acids is 1. The first kappa shape index (κ1) is 17.2. The fraction of sp³-hybridized carbons (Fsp3) is 0.214. The Bertz CT molecular complexity index is 594. The van der Waals surface area contributed by atoms with Crippen LogP contribution in [-0.2, 0) is 25.8 Å². The van der Waals surface area contributed by atoms with E-state index in [0.717, 1.165) is 5.06 Å². The number of carboxylic acids is 1. The topological polar surface area (TPSA) is 116 Å². The van der Waals surface area contributed by atoms with Gasteiger partial charge in [0.1, 0.15) is 0 Å². The third kappa shape index (κ3) is 5.25. The van der Waals surface area contributed by atoms with Gasteiger partial charge in [-0.05, 0) is 17.7 Å². The zero-order valence-electron chi connectivity index (χ0n) is 12.1. The number of aliphatic hydroxyl groups is 1. The number of hydrogen-bond acceptors (Lipinski definition) is 5. The minimum atomic E-state index is -1.61. The molecule has 0 radical (unpaired) electrons. The number of hydrogen-bond donors (Lipinski definition) is 3. The molecule has 0 spiro atoms. The highest BCUT2D eigenvalue weighted by Crippen LogP contribution is 2.12. The lowest BCUT2D eigenvalue weighted by molar-refractivity contribution is -0.173. The van der Waals surface area contributed by atoms with Crippen LogP contribution in [0.4, 0.5) is 5.69 Å². The lowest BCUT2D eigenvalue weighted by Gasteiger charge is -2.18. The Morgan fingerprint density at radius 1 is 1.23 bits per heavy atom. The minimum absolute atomic E-state index is 0.0408. The van der Waals surface area contributed by atoms with E-state index < -0.39 is 17.6 Å². The van der Waals surface area contributed by atoms with Crippen molar-refractivity contribution in [3.05, 3.63) is 41.7 Å². The molecular weight excluding hydrogens is 292 g/mol. The van der Waals surface area contributed by atoms with Crippen molar-refractivity contribution in [2.75, 3.05) is 12.4 Å². The first-order chi connectivity index (χ1) is 10.3. The molecule has 0 bridgehead atoms. The van der Waals surface area contributed by atoms with Crippen molar-refractivity contribution in [1.29, 1.82) is 0 Å². The van der Waals surface area contributed by atoms with E-state index in [9.17, 15) is 14.4 Å². The smallest absolute Gasteiger partial charge is 0.371 e. The van der Waals surface area contributed by atoms with E-state index in [1.54, 1.807) is 24.3 Å². The lowest BCUT2D eigenvalue weighted by atomic mass is 10.2. The lowest BCUT2D eigenvalue weighted by Crippen LogP contribution is -2.28. The molecule has 0 saturated heterocycles. The summed E-state index contributed by atoms with van der Waals surface area (Å²) < 4.78 is 0. The van der Waals surface area contributed by atoms with Crippen molar-refractivity contribution < 1.29 is 29.4 Å². The molecule has 2 amide bonds. The Kier molecular flexibility index (Phi) is 6.09. The molecule has 0 atom stereocenters. The van der Waals surface area contributed by atoms with Crippen LogP contribution in [0.25, 0.3) is 0 Å². The van der Waals surface area contributed by atoms with Crippen LogP contribution in [0, 0.1) is 0 Å². The highest BCUT2D eigenvalue weighted by molar-refractivity contribution is 5.95. The summed E-state index contributed by atoms with van der Waals surface area (Å²) >= 11 is 0. The van der Waals surface area contributed by atoms with E-state index in [4.69, 9.17) is 15.1 Å². The van der Waals surface area contributed by atoms with Crippen molar-refractivity contribution in [3.8, 4) is 0 Å². The Labute approximate surface area is 126 Å². The standard InChI is InChI=1S/C14H16N2O6/c1-9(17)15-11-5-3-10(4-6-11)8-16(22-2)13(19)7-12(18)14(20)21/h3-7,18H,8H2,1-2H3,(H,15,17)(H,20,21). The van der Waals surface area contributed by atoms with Crippen LogP contribution in [0.5, 0.6) is 0 Å². The summed E-state index contributed by atoms with van der Waals surface area (Å²) in [4.78, 5) is 38.0. The van der Waals surface area contributed by atoms with Crippen molar-refractivity contribution >= 4 is 23.5 Å². The molecule has 3 N–H and O–H groups in total. The van der Waals surface area contributed by atoms with Gasteiger partial charge in [0, 0.05) is 12.6 Å². The molecule has 0 unspecified atom stereocenters. The van der Waals surface area contributed by atoms with Crippen LogP contribution < -0.4 is 5.32 Å². The van der Waals surface area contributed by atoms with Crippen molar-refractivity contribution in [2.45, 2.75) is 13.5 Å². The number of nitrogens with zero attached hydrogens (tertiary/aromatic N) is 1. The number of nitrogens with one attached hydrogen (secondary N) is 1. The number of hydroxylamine groups is 2. The molecule has 0 aliphatic carbocycles. The normalized spacial score (nSPS) is 10.9. The molecule has 0 saturated carbocycles. The van der Waals surface area contributed by atoms with Gasteiger partial charge >= 0.3 is 5.97 Å². The molecule has 118 valence electrons. The summed E-state index contributed by atoms with van der Waals surface area (Å²) in [6, 6.07) is 6.65. The molecule has 22 heavy (non-hydrogen) atoms. The summed E-state index contributed by atoms with van der Waals surface area (Å²) in [6.45, 7) is 1.43. The monoisotopic (exact) mass is 308 g/mol. The number of aliphatic hydroxyl groups excluding tert-OH is 1. The van der Waals surface area contributed by atoms with Crippen LogP contribution in [-0.4, -0.2) is 40.2 Å². The third-order valence-electron chi connectivity index (χ3n) is 2.55. The highest BCUT2D eigenvalue weighted by atomic mass is 16.7. The molecule has 1 aromatic carbocycles. The van der Waals surface area contributed by atoms with Gasteiger partial charge in [0.05, 0.1) is 19.7 Å². The second kappa shape index (κ2) is 7.79. The zero-order chi connectivity index (χ0) is 16.7. The Balaban J connectivity index is 2.77. The maximum absolute atomic E-state index is 11.8. The van der Waals surface area contributed by atoms with Gasteiger partial charge in [0.2, 0.25) is 11.7 Å². The number of carbonyl (C=O) groups is 3. The van der Waals surface area contributed by atoms with Crippen LogP contribution >= 0.6 is 0 Å². The van der Waals surface area contributed by atoms with E-state index >= 15 is 0 Å². The van der Waals surface area contributed by atoms with E-state index in [-0.39, 0.29) is 12.5 Å². The fourth-order valence-corrected chi connectivity index (χ4v) is 1.55. The first-order valence-electron chi connectivity index (χ1n) is 6.19. The van der Waals surface area contributed by atoms with Gasteiger partial charge in [0.25, 0.3) is 5.91 Å². The number of amides is 2. The molecule has 1 rings (SSSR count). The van der Waals surface area contributed by atoms with E-state index in [2.05, 4.69) is 5.32 Å². The molecule has 0 aliphatic heterocycles. The quantitative estimate of drug-likeness (QED) is 0.411. The fourth-order valence-electron chi connectivity index (χ4n) is 1.55. The minimum Gasteiger partial charge on any atom is -0.502 e. The van der Waals surface area contributed by atoms with Crippen molar-refractivity contribution in [3.63, 3.8) is 0 Å². The predicted octanol–water partition coefficient (Wildman–Crippen LogP) is 1.06. The molecule has 1 aromatic rings. The van der Waals surface area contributed by atoms with Gasteiger partial charge in [-0.25, -0.2) is 9.86 Å². The predicted molar refractivity (Wildman–Crippen MR) is 76.7 cm³/mol. The molecule has 0 aliphatic rings. The Morgan fingerprint density at radius 3 is 2.27 bits per heavy atom. The molecule has 8 heteroatoms. The molecule has 0 heterocycles. The van der Waals surface area contributed by atoms with Crippen molar-refractivity contribution in [1.82, 2.24) is 5.06 Å². The molecule has 0 fully saturated rings. The molecular formula is C14H16N2O6. The Morgan fingerprint density at radius 2 is 1.82 bits per heavy atom. The Hall–Kier alpha value is -2.87. The van der Waals surface area contributed by atoms with Crippen LogP contribution in [0.2, 0.25) is 0 Å². The van der Waals surface area contributed by atoms with Gasteiger partial charge < -0.3 is 15.5 Å². The summed E-state index contributed by atoms with van der Waals surface area (Å²) in [5, 5.41) is 21.0. The maximum Gasteiger partial charge on any atom is 0.371 e. The van der Waals surface area contributed by atoms with Gasteiger partial charge in [-0.2, -0.15) is 0 Å². The van der Waals surface area contributed by atoms with E-state index in [1.807, 2.05) is 0 Å². The number of carboxylic acid groups (broad SMARTS) is 1. The van der Waals surface area contributed by atoms with Gasteiger partial charge in [0.15, 0.2) is 0 Å². The van der Waals surface area contributed by atoms with Crippen LogP contribution in [0.15, 0.2) is 36.1 Å². The SMILES string of the molecule is CON(Cc1ccc(NC(C)=O)cc1)C(=O)C=C(O)C(=O)O. The van der Waals surface area contributed by atoms with Gasteiger partial charge in [-0.3, -0.25) is 14.4 Å². The van der Waals surface area contributed by atoms with Crippen molar-refractivity contribution in [2.24, 2.45) is 0 Å². The van der Waals surface area contributed by atoms with Gasteiger partial charge in [-0.1, -0.05) is 12.1 Å². The molecule has 8 nitrogen and oxygen atoms in total. The maximum atomic E-state index is 11.8. The first-order valence-corrected chi connectivity index (χ1v) is 6.19. The van der Waals surface area contributed by atoms with E-state index in [1.165, 1.54) is 14.0 Å². The largest absolute Gasteiger partial charge is 0.502 e. The number of benzene rings is 1. The third-order valence-corrected chi connectivity index (χ3v) is 2.55. The number of carbonyl (C=O) groups excluding carboxylic acids is 2. The second-order valence-electron chi connectivity index (χ2n) is 4.27. The summed E-state index contributed by atoms with van der Waals surface area (Å²) in [6.07, 6.45) is 0.553. The summed E-state index contributed by atoms with van der Waals surface area (Å²) in [5.74, 6) is -3.69.